The number of benzene rings is 2. The van der Waals surface area contributed by atoms with Crippen LogP contribution in [0.2, 0.25) is 0 Å². The van der Waals surface area contributed by atoms with Crippen LogP contribution < -0.4 is 31.3 Å². The topological polar surface area (TPSA) is 273 Å². The van der Waals surface area contributed by atoms with E-state index in [2.05, 4.69) is 38.2 Å². The van der Waals surface area contributed by atoms with Gasteiger partial charge in [0, 0.05) is 63.5 Å². The number of carbonyl (C=O) groups excluding carboxylic acids is 4. The molecule has 0 aliphatic carbocycles. The minimum atomic E-state index is -0.950. The molecule has 5 heterocycles. The van der Waals surface area contributed by atoms with Gasteiger partial charge < -0.3 is 34.3 Å². The number of piperazine rings is 1. The molecular formula is C45H52N14O9. The highest BCUT2D eigenvalue weighted by atomic mass is 16.6. The number of nitrogens with two attached hydrogens (primary N) is 1. The number of nitrogens with zero attached hydrogens (tertiary/aromatic N) is 10. The molecule has 1 fully saturated rings. The number of carboxylic acid groups (broad SMARTS) is 1. The molecule has 2 aromatic carbocycles. The van der Waals surface area contributed by atoms with Gasteiger partial charge in [-0.3, -0.25) is 48.9 Å². The summed E-state index contributed by atoms with van der Waals surface area (Å²) in [5.74, 6) is 4.68. The molecular weight excluding hydrogens is 881 g/mol. The highest BCUT2D eigenvalue weighted by molar-refractivity contribution is 6.05. The summed E-state index contributed by atoms with van der Waals surface area (Å²) in [5, 5.41) is 23.9. The second-order valence-electron chi connectivity index (χ2n) is 15.5. The fraction of sp³-hybridized carbons (Fsp3) is 0.356. The summed E-state index contributed by atoms with van der Waals surface area (Å²) in [6.45, 7) is 10.6. The number of amides is 5. The zero-order valence-corrected chi connectivity index (χ0v) is 38.5. The number of hydrogen-bond donors (Lipinski definition) is 5. The van der Waals surface area contributed by atoms with E-state index in [1.54, 1.807) is 50.5 Å². The number of aromatic nitrogens is 8. The van der Waals surface area contributed by atoms with E-state index in [1.165, 1.54) is 37.3 Å². The van der Waals surface area contributed by atoms with Crippen molar-refractivity contribution in [3.63, 3.8) is 0 Å². The first kappa shape index (κ1) is 47.7. The average molecular weight is 933 g/mol. The van der Waals surface area contributed by atoms with Crippen molar-refractivity contribution in [3.05, 3.63) is 82.5 Å². The summed E-state index contributed by atoms with van der Waals surface area (Å²) in [7, 11) is 2.77. The smallest absolute Gasteiger partial charge is 0.407 e. The maximum absolute atomic E-state index is 13.9. The number of rotatable bonds is 17. The summed E-state index contributed by atoms with van der Waals surface area (Å²) in [4.78, 5) is 82.1. The largest absolute Gasteiger partial charge is 0.494 e. The van der Waals surface area contributed by atoms with Gasteiger partial charge in [-0.25, -0.2) is 20.2 Å². The first-order chi connectivity index (χ1) is 32.7. The molecule has 1 aliphatic rings. The number of ether oxygens (including phenoxy) is 2. The SMILES string of the molecule is CCn1nc(C)cc1C(=O)Nc1nc2cc(C(=O)NOC)cc(OC)c2n1CC=CCn1c(NC(=O)c2cc(C)nn2CC)nc2cc(C(N)=O)cc(OCC#CCN3CCN(C(=O)O)CC3)c21. The monoisotopic (exact) mass is 932 g/mol. The Kier molecular flexibility index (Phi) is 14.7. The van der Waals surface area contributed by atoms with E-state index in [9.17, 15) is 29.1 Å². The number of methoxy groups -OCH3 is 1. The molecule has 0 atom stereocenters. The van der Waals surface area contributed by atoms with Gasteiger partial charge in [0.1, 0.15) is 40.5 Å². The van der Waals surface area contributed by atoms with Crippen LogP contribution in [0.25, 0.3) is 22.1 Å². The maximum atomic E-state index is 13.9. The molecule has 23 nitrogen and oxygen atoms in total. The van der Waals surface area contributed by atoms with Crippen molar-refractivity contribution < 1.29 is 43.4 Å². The first-order valence-electron chi connectivity index (χ1n) is 21.6. The van der Waals surface area contributed by atoms with Crippen molar-refractivity contribution >= 4 is 63.7 Å². The lowest BCUT2D eigenvalue weighted by Crippen LogP contribution is -2.48. The highest BCUT2D eigenvalue weighted by Crippen LogP contribution is 2.33. The van der Waals surface area contributed by atoms with Crippen LogP contribution in [0.5, 0.6) is 11.5 Å². The molecule has 0 radical (unpaired) electrons. The van der Waals surface area contributed by atoms with Gasteiger partial charge in [0.15, 0.2) is 0 Å². The summed E-state index contributed by atoms with van der Waals surface area (Å²) in [6.07, 6.45) is 2.68. The molecule has 23 heteroatoms. The number of anilines is 2. The van der Waals surface area contributed by atoms with E-state index in [0.717, 1.165) is 0 Å². The standard InChI is InChI=1S/C45H52N14O9/c1-7-58-33(21-27(3)51-58)41(62)49-43-48-32-24-30(40(61)53-67-6)26-35(66-5)37(32)56(43)14-9-10-15-57-38-31(47-44(57)50-42(63)34-22-28(4)52-59(34)8-2)23-29(39(46)60)25-36(38)68-20-12-11-13-54-16-18-55(19-17-54)45(64)65/h9-10,21-26H,7-8,13-20H2,1-6H3,(H2,46,60)(H,53,61)(H,64,65)(H,47,50,63)(H,48,49,62). The van der Waals surface area contributed by atoms with E-state index in [1.807, 2.05) is 30.9 Å². The van der Waals surface area contributed by atoms with Crippen molar-refractivity contribution in [2.75, 3.05) is 64.2 Å². The maximum Gasteiger partial charge on any atom is 0.407 e. The van der Waals surface area contributed by atoms with Crippen LogP contribution in [0.4, 0.5) is 16.7 Å². The molecule has 6 aromatic rings. The lowest BCUT2D eigenvalue weighted by molar-refractivity contribution is 0.0537. The minimum Gasteiger partial charge on any atom is -0.494 e. The third-order valence-corrected chi connectivity index (χ3v) is 11.0. The second kappa shape index (κ2) is 20.9. The molecule has 0 spiro atoms. The Morgan fingerprint density at radius 3 is 1.76 bits per heavy atom. The quantitative estimate of drug-likeness (QED) is 0.0499. The van der Waals surface area contributed by atoms with Crippen molar-refractivity contribution in [1.29, 1.82) is 0 Å². The van der Waals surface area contributed by atoms with Crippen LogP contribution in [-0.4, -0.2) is 137 Å². The number of aryl methyl sites for hydroxylation is 4. The second-order valence-corrected chi connectivity index (χ2v) is 15.5. The Labute approximate surface area is 389 Å². The molecule has 0 bridgehead atoms. The van der Waals surface area contributed by atoms with Crippen LogP contribution in [0.3, 0.4) is 0 Å². The van der Waals surface area contributed by atoms with Gasteiger partial charge in [0.2, 0.25) is 17.8 Å². The third kappa shape index (κ3) is 10.4. The molecule has 68 heavy (non-hydrogen) atoms. The Morgan fingerprint density at radius 2 is 1.26 bits per heavy atom. The molecule has 5 amide bonds. The van der Waals surface area contributed by atoms with E-state index in [4.69, 9.17) is 30.0 Å². The fourth-order valence-corrected chi connectivity index (χ4v) is 7.76. The minimum absolute atomic E-state index is 0.0818. The Balaban J connectivity index is 1.24. The van der Waals surface area contributed by atoms with E-state index < -0.39 is 29.7 Å². The summed E-state index contributed by atoms with van der Waals surface area (Å²) < 4.78 is 18.6. The molecule has 1 saturated heterocycles. The lowest BCUT2D eigenvalue weighted by atomic mass is 10.1. The van der Waals surface area contributed by atoms with Crippen LogP contribution in [-0.2, 0) is 31.0 Å². The zero-order chi connectivity index (χ0) is 48.6. The molecule has 1 aliphatic heterocycles. The predicted molar refractivity (Wildman–Crippen MR) is 249 cm³/mol. The Morgan fingerprint density at radius 1 is 0.735 bits per heavy atom. The van der Waals surface area contributed by atoms with Gasteiger partial charge >= 0.3 is 6.09 Å². The van der Waals surface area contributed by atoms with Crippen molar-refractivity contribution in [2.24, 2.45) is 5.73 Å². The predicted octanol–water partition coefficient (Wildman–Crippen LogP) is 3.27. The first-order valence-corrected chi connectivity index (χ1v) is 21.6. The number of imidazole rings is 2. The molecule has 0 saturated carbocycles. The number of hydroxylamine groups is 1. The van der Waals surface area contributed by atoms with Crippen LogP contribution >= 0.6 is 0 Å². The van der Waals surface area contributed by atoms with Crippen molar-refractivity contribution in [2.45, 2.75) is 53.9 Å². The van der Waals surface area contributed by atoms with Crippen LogP contribution in [0, 0.1) is 25.7 Å². The molecule has 356 valence electrons. The van der Waals surface area contributed by atoms with E-state index >= 15 is 0 Å². The number of nitrogens with one attached hydrogen (secondary N) is 3. The number of hydrogen-bond acceptors (Lipinski definition) is 13. The van der Waals surface area contributed by atoms with Crippen LogP contribution in [0.1, 0.15) is 66.9 Å². The van der Waals surface area contributed by atoms with Gasteiger partial charge in [-0.05, 0) is 64.1 Å². The average Bonchev–Trinajstić information content (AvgIpc) is 4.09. The zero-order valence-electron chi connectivity index (χ0n) is 38.5. The van der Waals surface area contributed by atoms with E-state index in [0.29, 0.717) is 96.4 Å². The molecule has 0 unspecified atom stereocenters. The summed E-state index contributed by atoms with van der Waals surface area (Å²) in [6, 6.07) is 9.43. The summed E-state index contributed by atoms with van der Waals surface area (Å²) >= 11 is 0. The van der Waals surface area contributed by atoms with E-state index in [-0.39, 0.29) is 48.5 Å². The van der Waals surface area contributed by atoms with Gasteiger partial charge in [-0.1, -0.05) is 24.0 Å². The number of carbonyl (C=O) groups is 5. The number of allylic oxidation sites excluding steroid dienone is 2. The molecule has 7 rings (SSSR count). The molecule has 6 N–H and O–H groups in total. The summed E-state index contributed by atoms with van der Waals surface area (Å²) in [5.41, 5.74) is 11.9. The Hall–Kier alpha value is -8.23. The lowest BCUT2D eigenvalue weighted by Gasteiger charge is -2.31. The van der Waals surface area contributed by atoms with Gasteiger partial charge in [0.25, 0.3) is 17.7 Å². The van der Waals surface area contributed by atoms with Gasteiger partial charge in [0.05, 0.1) is 43.2 Å². The molecule has 4 aromatic heterocycles. The third-order valence-electron chi connectivity index (χ3n) is 11.0. The van der Waals surface area contributed by atoms with Crippen molar-refractivity contribution in [3.8, 4) is 23.3 Å². The Bertz CT molecular complexity index is 3000. The van der Waals surface area contributed by atoms with Gasteiger partial charge in [-0.2, -0.15) is 10.2 Å². The number of primary amides is 1. The number of fused-ring (bicyclic) bond motifs is 2. The van der Waals surface area contributed by atoms with Crippen LogP contribution in [0.15, 0.2) is 48.6 Å². The normalized spacial score (nSPS) is 12.9. The highest BCUT2D eigenvalue weighted by Gasteiger charge is 2.24. The fourth-order valence-electron chi connectivity index (χ4n) is 7.76. The van der Waals surface area contributed by atoms with Gasteiger partial charge in [-0.15, -0.1) is 0 Å². The van der Waals surface area contributed by atoms with Crippen molar-refractivity contribution in [1.82, 2.24) is 53.9 Å².